The van der Waals surface area contributed by atoms with Crippen molar-refractivity contribution in [1.82, 2.24) is 19.7 Å². The molecule has 1 saturated heterocycles. The molecule has 0 radical (unpaired) electrons. The number of likely N-dealkylation sites (tertiary alicyclic amines) is 1. The molecule has 1 fully saturated rings. The molecular weight excluding hydrogens is 336 g/mol. The summed E-state index contributed by atoms with van der Waals surface area (Å²) in [6.07, 6.45) is 4.58. The van der Waals surface area contributed by atoms with E-state index in [0.29, 0.717) is 0 Å². The molecule has 3 aromatic rings. The quantitative estimate of drug-likeness (QED) is 0.680. The van der Waals surface area contributed by atoms with Crippen molar-refractivity contribution in [3.63, 3.8) is 0 Å². The Morgan fingerprint density at radius 2 is 1.63 bits per heavy atom. The van der Waals surface area contributed by atoms with Gasteiger partial charge in [0.05, 0.1) is 22.3 Å². The number of amides is 1. The molecule has 0 spiro atoms. The Morgan fingerprint density at radius 3 is 2.30 bits per heavy atom. The summed E-state index contributed by atoms with van der Waals surface area (Å²) < 4.78 is 1.86. The highest BCUT2D eigenvalue weighted by Crippen LogP contribution is 2.26. The number of pyridine rings is 1. The molecule has 2 aromatic heterocycles. The van der Waals surface area contributed by atoms with Gasteiger partial charge in [-0.1, -0.05) is 30.5 Å². The van der Waals surface area contributed by atoms with Crippen LogP contribution in [-0.4, -0.2) is 38.7 Å². The van der Waals surface area contributed by atoms with Gasteiger partial charge in [-0.05, 0) is 51.8 Å². The van der Waals surface area contributed by atoms with E-state index in [2.05, 4.69) is 19.1 Å². The van der Waals surface area contributed by atoms with E-state index in [4.69, 9.17) is 10.1 Å². The fourth-order valence-electron chi connectivity index (χ4n) is 3.89. The Balaban J connectivity index is 1.84. The van der Waals surface area contributed by atoms with Crippen LogP contribution >= 0.6 is 0 Å². The Kier molecular flexibility index (Phi) is 4.68. The van der Waals surface area contributed by atoms with Crippen LogP contribution in [0.5, 0.6) is 0 Å². The van der Waals surface area contributed by atoms with Crippen LogP contribution in [0.2, 0.25) is 0 Å². The molecule has 27 heavy (non-hydrogen) atoms. The average Bonchev–Trinajstić information content (AvgIpc) is 2.84. The highest BCUT2D eigenvalue weighted by molar-refractivity contribution is 6.06. The third-order valence-corrected chi connectivity index (χ3v) is 5.34. The highest BCUT2D eigenvalue weighted by atomic mass is 16.2. The predicted molar refractivity (Wildman–Crippen MR) is 107 cm³/mol. The van der Waals surface area contributed by atoms with Gasteiger partial charge in [0.1, 0.15) is 0 Å². The number of nitrogens with zero attached hydrogens (tertiary/aromatic N) is 4. The molecule has 1 aliphatic rings. The molecule has 1 aromatic carbocycles. The molecule has 0 bridgehead atoms. The van der Waals surface area contributed by atoms with Gasteiger partial charge >= 0.3 is 0 Å². The van der Waals surface area contributed by atoms with Gasteiger partial charge in [0.25, 0.3) is 5.91 Å². The number of carbonyl (C=O) groups excluding carboxylic acids is 1. The number of hydrogen-bond acceptors (Lipinski definition) is 3. The minimum Gasteiger partial charge on any atom is -0.339 e. The molecule has 5 nitrogen and oxygen atoms in total. The average molecular weight is 362 g/mol. The molecule has 1 amide bonds. The zero-order chi connectivity index (χ0) is 19.0. The van der Waals surface area contributed by atoms with E-state index in [1.54, 1.807) is 0 Å². The van der Waals surface area contributed by atoms with Crippen molar-refractivity contribution in [1.29, 1.82) is 0 Å². The van der Waals surface area contributed by atoms with Crippen LogP contribution in [0.15, 0.2) is 30.3 Å². The number of hydrogen-bond donors (Lipinski definition) is 0. The third-order valence-electron chi connectivity index (χ3n) is 5.34. The molecule has 3 heterocycles. The van der Waals surface area contributed by atoms with E-state index in [-0.39, 0.29) is 5.91 Å². The van der Waals surface area contributed by atoms with Crippen LogP contribution in [0.1, 0.15) is 53.0 Å². The standard InChI is InChI=1S/C22H26N4O/c1-15-8-10-18(11-9-15)26-21-20(17(3)24-26)19(14-16(2)23-21)22(27)25-12-6-4-5-7-13-25/h8-11,14H,4-7,12-13H2,1-3H3. The van der Waals surface area contributed by atoms with Gasteiger partial charge < -0.3 is 4.90 Å². The second-order valence-electron chi connectivity index (χ2n) is 7.55. The first kappa shape index (κ1) is 17.7. The number of carbonyl (C=O) groups is 1. The summed E-state index contributed by atoms with van der Waals surface area (Å²) >= 11 is 0. The lowest BCUT2D eigenvalue weighted by Gasteiger charge is -2.21. The molecule has 0 N–H and O–H groups in total. The van der Waals surface area contributed by atoms with E-state index in [1.165, 1.54) is 18.4 Å². The molecule has 1 aliphatic heterocycles. The molecular formula is C22H26N4O. The first-order valence-corrected chi connectivity index (χ1v) is 9.78. The topological polar surface area (TPSA) is 51.0 Å². The lowest BCUT2D eigenvalue weighted by molar-refractivity contribution is 0.0763. The first-order chi connectivity index (χ1) is 13.0. The van der Waals surface area contributed by atoms with Crippen molar-refractivity contribution >= 4 is 16.9 Å². The highest BCUT2D eigenvalue weighted by Gasteiger charge is 2.23. The van der Waals surface area contributed by atoms with Crippen molar-refractivity contribution in [2.45, 2.75) is 46.5 Å². The molecule has 4 rings (SSSR count). The van der Waals surface area contributed by atoms with Crippen LogP contribution in [0.3, 0.4) is 0 Å². The Bertz CT molecular complexity index is 980. The zero-order valence-corrected chi connectivity index (χ0v) is 16.3. The summed E-state index contributed by atoms with van der Waals surface area (Å²) in [7, 11) is 0. The predicted octanol–water partition coefficient (Wildman–Crippen LogP) is 4.36. The maximum Gasteiger partial charge on any atom is 0.254 e. The van der Waals surface area contributed by atoms with E-state index >= 15 is 0 Å². The third kappa shape index (κ3) is 3.34. The maximum atomic E-state index is 13.3. The summed E-state index contributed by atoms with van der Waals surface area (Å²) in [6.45, 7) is 7.65. The smallest absolute Gasteiger partial charge is 0.254 e. The van der Waals surface area contributed by atoms with Crippen LogP contribution in [-0.2, 0) is 0 Å². The molecule has 0 unspecified atom stereocenters. The number of aromatic nitrogens is 3. The van der Waals surface area contributed by atoms with Gasteiger partial charge in [-0.2, -0.15) is 5.10 Å². The molecule has 0 aliphatic carbocycles. The van der Waals surface area contributed by atoms with Crippen LogP contribution in [0, 0.1) is 20.8 Å². The van der Waals surface area contributed by atoms with Gasteiger partial charge in [-0.3, -0.25) is 4.79 Å². The molecule has 0 atom stereocenters. The lowest BCUT2D eigenvalue weighted by atomic mass is 10.1. The van der Waals surface area contributed by atoms with Gasteiger partial charge in [0.2, 0.25) is 0 Å². The summed E-state index contributed by atoms with van der Waals surface area (Å²) in [4.78, 5) is 20.1. The SMILES string of the molecule is Cc1ccc(-n2nc(C)c3c(C(=O)N4CCCCCC4)cc(C)nc32)cc1. The minimum atomic E-state index is 0.110. The summed E-state index contributed by atoms with van der Waals surface area (Å²) in [6, 6.07) is 10.1. The van der Waals surface area contributed by atoms with Crippen LogP contribution in [0.25, 0.3) is 16.7 Å². The van der Waals surface area contributed by atoms with Crippen molar-refractivity contribution in [2.75, 3.05) is 13.1 Å². The summed E-state index contributed by atoms with van der Waals surface area (Å²) in [5.74, 6) is 0.110. The largest absolute Gasteiger partial charge is 0.339 e. The van der Waals surface area contributed by atoms with Crippen molar-refractivity contribution in [3.05, 3.63) is 52.8 Å². The molecule has 140 valence electrons. The lowest BCUT2D eigenvalue weighted by Crippen LogP contribution is -2.32. The summed E-state index contributed by atoms with van der Waals surface area (Å²) in [5.41, 5.74) is 5.34. The second kappa shape index (κ2) is 7.14. The summed E-state index contributed by atoms with van der Waals surface area (Å²) in [5, 5.41) is 5.59. The van der Waals surface area contributed by atoms with E-state index in [0.717, 1.165) is 59.6 Å². The number of aryl methyl sites for hydroxylation is 3. The normalized spacial score (nSPS) is 15.1. The van der Waals surface area contributed by atoms with Gasteiger partial charge in [0, 0.05) is 18.8 Å². The maximum absolute atomic E-state index is 13.3. The minimum absolute atomic E-state index is 0.110. The number of benzene rings is 1. The Morgan fingerprint density at radius 1 is 0.963 bits per heavy atom. The van der Waals surface area contributed by atoms with Crippen LogP contribution in [0.4, 0.5) is 0 Å². The fraction of sp³-hybridized carbons (Fsp3) is 0.409. The monoisotopic (exact) mass is 362 g/mol. The van der Waals surface area contributed by atoms with Crippen molar-refractivity contribution in [2.24, 2.45) is 0 Å². The van der Waals surface area contributed by atoms with E-state index in [1.807, 2.05) is 41.6 Å². The van der Waals surface area contributed by atoms with Gasteiger partial charge in [-0.15, -0.1) is 0 Å². The number of rotatable bonds is 2. The number of fused-ring (bicyclic) bond motifs is 1. The van der Waals surface area contributed by atoms with E-state index < -0.39 is 0 Å². The Hall–Kier alpha value is -2.69. The first-order valence-electron chi connectivity index (χ1n) is 9.78. The second-order valence-corrected chi connectivity index (χ2v) is 7.55. The van der Waals surface area contributed by atoms with Crippen LogP contribution < -0.4 is 0 Å². The van der Waals surface area contributed by atoms with Crippen molar-refractivity contribution < 1.29 is 4.79 Å². The Labute approximate surface area is 160 Å². The fourth-order valence-corrected chi connectivity index (χ4v) is 3.89. The van der Waals surface area contributed by atoms with Crippen molar-refractivity contribution in [3.8, 4) is 5.69 Å². The molecule has 5 heteroatoms. The van der Waals surface area contributed by atoms with Gasteiger partial charge in [-0.25, -0.2) is 9.67 Å². The van der Waals surface area contributed by atoms with Gasteiger partial charge in [0.15, 0.2) is 5.65 Å². The zero-order valence-electron chi connectivity index (χ0n) is 16.3. The van der Waals surface area contributed by atoms with E-state index in [9.17, 15) is 4.79 Å². The molecule has 0 saturated carbocycles.